The average Bonchev–Trinajstić information content (AvgIpc) is 2.74. The largest absolute Gasteiger partial charge is 0.414 e. The van der Waals surface area contributed by atoms with Crippen molar-refractivity contribution in [3.05, 3.63) is 10.8 Å². The number of fused-ring (bicyclic) bond motifs is 1. The quantitative estimate of drug-likeness (QED) is 0.930. The zero-order valence-electron chi connectivity index (χ0n) is 9.64. The second kappa shape index (κ2) is 4.47. The number of aromatic nitrogens is 4. The van der Waals surface area contributed by atoms with Crippen molar-refractivity contribution in [1.29, 1.82) is 0 Å². The van der Waals surface area contributed by atoms with Gasteiger partial charge in [-0.05, 0) is 0 Å². The maximum atomic E-state index is 12.2. The van der Waals surface area contributed by atoms with Gasteiger partial charge >= 0.3 is 6.18 Å². The maximum absolute atomic E-state index is 12.2. The Kier molecular flexibility index (Phi) is 3.28. The van der Waals surface area contributed by atoms with Crippen molar-refractivity contribution in [3.8, 4) is 0 Å². The van der Waals surface area contributed by atoms with E-state index in [4.69, 9.17) is 5.11 Å². The van der Waals surface area contributed by atoms with Crippen LogP contribution < -0.4 is 0 Å². The molecule has 2 heterocycles. The SMILES string of the molecule is CC(C)c1nnc2sc(CC(O)C(F)(F)F)nn12. The lowest BCUT2D eigenvalue weighted by molar-refractivity contribution is -0.203. The van der Waals surface area contributed by atoms with Crippen LogP contribution in [0.2, 0.25) is 0 Å². The number of hydrogen-bond donors (Lipinski definition) is 1. The topological polar surface area (TPSA) is 63.3 Å². The summed E-state index contributed by atoms with van der Waals surface area (Å²) in [6.45, 7) is 3.78. The first-order valence-corrected chi connectivity index (χ1v) is 6.06. The summed E-state index contributed by atoms with van der Waals surface area (Å²) in [6.07, 6.45) is -7.59. The van der Waals surface area contributed by atoms with E-state index in [0.717, 1.165) is 11.3 Å². The molecule has 0 saturated heterocycles. The normalized spacial score (nSPS) is 14.6. The lowest BCUT2D eigenvalue weighted by Crippen LogP contribution is -2.30. The summed E-state index contributed by atoms with van der Waals surface area (Å²) in [7, 11) is 0. The van der Waals surface area contributed by atoms with Gasteiger partial charge in [0.25, 0.3) is 0 Å². The highest BCUT2D eigenvalue weighted by molar-refractivity contribution is 7.16. The van der Waals surface area contributed by atoms with Gasteiger partial charge in [-0.25, -0.2) is 0 Å². The fourth-order valence-corrected chi connectivity index (χ4v) is 2.27. The Bertz CT molecular complexity index is 547. The molecule has 0 aliphatic rings. The first-order valence-electron chi connectivity index (χ1n) is 5.25. The molecule has 0 amide bonds. The fraction of sp³-hybridized carbons (Fsp3) is 0.667. The third kappa shape index (κ3) is 2.46. The van der Waals surface area contributed by atoms with Gasteiger partial charge in [-0.15, -0.1) is 10.2 Å². The van der Waals surface area contributed by atoms with Gasteiger partial charge in [0, 0.05) is 12.3 Å². The Hall–Kier alpha value is -1.22. The molecule has 1 N–H and O–H groups in total. The van der Waals surface area contributed by atoms with Crippen molar-refractivity contribution < 1.29 is 18.3 Å². The number of alkyl halides is 3. The molecule has 0 radical (unpaired) electrons. The number of aliphatic hydroxyl groups is 1. The molecule has 0 aliphatic heterocycles. The van der Waals surface area contributed by atoms with Crippen LogP contribution in [0.25, 0.3) is 4.96 Å². The minimum absolute atomic E-state index is 0.0717. The average molecular weight is 280 g/mol. The second-order valence-corrected chi connectivity index (χ2v) is 5.21. The number of nitrogens with zero attached hydrogens (tertiary/aromatic N) is 4. The van der Waals surface area contributed by atoms with Crippen molar-refractivity contribution >= 4 is 16.3 Å². The third-order valence-corrected chi connectivity index (χ3v) is 3.24. The minimum Gasteiger partial charge on any atom is -0.383 e. The van der Waals surface area contributed by atoms with Gasteiger partial charge in [-0.3, -0.25) is 0 Å². The Morgan fingerprint density at radius 3 is 2.56 bits per heavy atom. The lowest BCUT2D eigenvalue weighted by Gasteiger charge is -2.12. The molecule has 1 unspecified atom stereocenters. The van der Waals surface area contributed by atoms with Crippen LogP contribution in [0.1, 0.15) is 30.6 Å². The summed E-state index contributed by atoms with van der Waals surface area (Å²) >= 11 is 0.998. The summed E-state index contributed by atoms with van der Waals surface area (Å²) in [5.41, 5.74) is 0. The van der Waals surface area contributed by atoms with Crippen LogP contribution in [0, 0.1) is 0 Å². The molecular formula is C9H11F3N4OS. The minimum atomic E-state index is -4.63. The molecule has 9 heteroatoms. The first kappa shape index (κ1) is 13.2. The summed E-state index contributed by atoms with van der Waals surface area (Å²) in [4.78, 5) is 0.433. The Labute approximate surface area is 104 Å². The van der Waals surface area contributed by atoms with Crippen LogP contribution >= 0.6 is 11.3 Å². The molecule has 0 aromatic carbocycles. The second-order valence-electron chi connectivity index (χ2n) is 4.16. The van der Waals surface area contributed by atoms with Crippen molar-refractivity contribution in [1.82, 2.24) is 19.8 Å². The fourth-order valence-electron chi connectivity index (χ4n) is 1.40. The van der Waals surface area contributed by atoms with Gasteiger partial charge < -0.3 is 5.11 Å². The summed E-state index contributed by atoms with van der Waals surface area (Å²) < 4.78 is 38.1. The molecule has 0 bridgehead atoms. The van der Waals surface area contributed by atoms with E-state index in [2.05, 4.69) is 15.3 Å². The smallest absolute Gasteiger partial charge is 0.383 e. The molecule has 2 aromatic rings. The van der Waals surface area contributed by atoms with Crippen LogP contribution in [0.3, 0.4) is 0 Å². The first-order chi connectivity index (χ1) is 8.29. The highest BCUT2D eigenvalue weighted by Crippen LogP contribution is 2.25. The van der Waals surface area contributed by atoms with Gasteiger partial charge in [0.15, 0.2) is 11.9 Å². The maximum Gasteiger partial charge on any atom is 0.414 e. The highest BCUT2D eigenvalue weighted by atomic mass is 32.1. The van der Waals surface area contributed by atoms with E-state index in [-0.39, 0.29) is 10.9 Å². The summed E-state index contributed by atoms with van der Waals surface area (Å²) in [6, 6.07) is 0. The summed E-state index contributed by atoms with van der Waals surface area (Å²) in [5.74, 6) is 0.663. The highest BCUT2D eigenvalue weighted by Gasteiger charge is 2.38. The molecule has 2 aromatic heterocycles. The van der Waals surface area contributed by atoms with Crippen LogP contribution in [-0.4, -0.2) is 37.2 Å². The third-order valence-electron chi connectivity index (χ3n) is 2.32. The van der Waals surface area contributed by atoms with Gasteiger partial charge in [0.1, 0.15) is 5.01 Å². The van der Waals surface area contributed by atoms with E-state index in [1.54, 1.807) is 0 Å². The van der Waals surface area contributed by atoms with Crippen molar-refractivity contribution in [2.24, 2.45) is 0 Å². The van der Waals surface area contributed by atoms with Crippen LogP contribution in [-0.2, 0) is 6.42 Å². The molecule has 1 atom stereocenters. The Morgan fingerprint density at radius 2 is 2.00 bits per heavy atom. The van der Waals surface area contributed by atoms with E-state index in [1.165, 1.54) is 4.52 Å². The molecule has 0 spiro atoms. The number of rotatable bonds is 3. The van der Waals surface area contributed by atoms with Gasteiger partial charge in [0.2, 0.25) is 4.96 Å². The molecular weight excluding hydrogens is 269 g/mol. The van der Waals surface area contributed by atoms with Crippen molar-refractivity contribution in [2.75, 3.05) is 0 Å². The van der Waals surface area contributed by atoms with Crippen molar-refractivity contribution in [3.63, 3.8) is 0 Å². The predicted molar refractivity (Wildman–Crippen MR) is 58.5 cm³/mol. The Balaban J connectivity index is 2.26. The molecule has 100 valence electrons. The zero-order chi connectivity index (χ0) is 13.5. The zero-order valence-corrected chi connectivity index (χ0v) is 10.5. The number of hydrogen-bond acceptors (Lipinski definition) is 5. The van der Waals surface area contributed by atoms with E-state index < -0.39 is 18.7 Å². The predicted octanol–water partition coefficient (Wildman–Crippen LogP) is 1.77. The van der Waals surface area contributed by atoms with Crippen molar-refractivity contribution in [2.45, 2.75) is 38.5 Å². The molecule has 0 saturated carbocycles. The van der Waals surface area contributed by atoms with Gasteiger partial charge in [-0.2, -0.15) is 22.8 Å². The van der Waals surface area contributed by atoms with Crippen LogP contribution in [0.4, 0.5) is 13.2 Å². The van der Waals surface area contributed by atoms with Gasteiger partial charge in [0.05, 0.1) is 0 Å². The lowest BCUT2D eigenvalue weighted by atomic mass is 10.2. The van der Waals surface area contributed by atoms with E-state index in [0.29, 0.717) is 10.8 Å². The Morgan fingerprint density at radius 1 is 1.33 bits per heavy atom. The standard InChI is InChI=1S/C9H11F3N4OS/c1-4(2)7-13-14-8-16(7)15-6(18-8)3-5(17)9(10,11)12/h4-5,17H,3H2,1-2H3. The monoisotopic (exact) mass is 280 g/mol. The molecule has 2 rings (SSSR count). The van der Waals surface area contributed by atoms with Gasteiger partial charge in [-0.1, -0.05) is 25.2 Å². The summed E-state index contributed by atoms with van der Waals surface area (Å²) in [5, 5.41) is 20.9. The van der Waals surface area contributed by atoms with E-state index in [9.17, 15) is 13.2 Å². The van der Waals surface area contributed by atoms with E-state index in [1.807, 2.05) is 13.8 Å². The van der Waals surface area contributed by atoms with E-state index >= 15 is 0 Å². The number of halogens is 3. The van der Waals surface area contributed by atoms with Crippen LogP contribution in [0.5, 0.6) is 0 Å². The molecule has 18 heavy (non-hydrogen) atoms. The molecule has 5 nitrogen and oxygen atoms in total. The number of aliphatic hydroxyl groups excluding tert-OH is 1. The molecule has 0 fully saturated rings. The molecule has 0 aliphatic carbocycles. The van der Waals surface area contributed by atoms with Crippen LogP contribution in [0.15, 0.2) is 0 Å².